The van der Waals surface area contributed by atoms with Gasteiger partial charge in [0.05, 0.1) is 7.11 Å². The van der Waals surface area contributed by atoms with Crippen LogP contribution in [0.15, 0.2) is 24.3 Å². The maximum atomic E-state index is 5.28. The summed E-state index contributed by atoms with van der Waals surface area (Å²) in [5, 5.41) is 3.38. The van der Waals surface area contributed by atoms with E-state index in [4.69, 9.17) is 4.74 Å². The van der Waals surface area contributed by atoms with Gasteiger partial charge in [0.2, 0.25) is 0 Å². The standard InChI is InChI=1S/C14H22N2O/c1-11-9-12(15-2)7-8-16(11)13-5-4-6-14(10-13)17-3/h4-6,10-12,15H,7-9H2,1-3H3. The summed E-state index contributed by atoms with van der Waals surface area (Å²) in [6.07, 6.45) is 2.41. The van der Waals surface area contributed by atoms with Gasteiger partial charge in [0, 0.05) is 30.4 Å². The molecule has 1 aromatic rings. The zero-order valence-electron chi connectivity index (χ0n) is 10.9. The summed E-state index contributed by atoms with van der Waals surface area (Å²) < 4.78 is 5.28. The Morgan fingerprint density at radius 3 is 2.88 bits per heavy atom. The number of nitrogens with zero attached hydrogens (tertiary/aromatic N) is 1. The number of hydrogen-bond acceptors (Lipinski definition) is 3. The SMILES string of the molecule is CNC1CCN(c2cccc(OC)c2)C(C)C1. The lowest BCUT2D eigenvalue weighted by Gasteiger charge is -2.39. The Balaban J connectivity index is 2.11. The summed E-state index contributed by atoms with van der Waals surface area (Å²) in [7, 11) is 3.77. The number of methoxy groups -OCH3 is 1. The Morgan fingerprint density at radius 1 is 1.41 bits per heavy atom. The molecule has 0 saturated carbocycles. The van der Waals surface area contributed by atoms with Crippen molar-refractivity contribution < 1.29 is 4.74 Å². The fourth-order valence-electron chi connectivity index (χ4n) is 2.61. The van der Waals surface area contributed by atoms with Crippen molar-refractivity contribution in [3.05, 3.63) is 24.3 Å². The molecule has 1 aliphatic heterocycles. The van der Waals surface area contributed by atoms with E-state index in [-0.39, 0.29) is 0 Å². The Kier molecular flexibility index (Phi) is 3.89. The van der Waals surface area contributed by atoms with E-state index in [1.54, 1.807) is 7.11 Å². The van der Waals surface area contributed by atoms with Crippen molar-refractivity contribution in [2.24, 2.45) is 0 Å². The van der Waals surface area contributed by atoms with E-state index in [0.717, 1.165) is 12.3 Å². The van der Waals surface area contributed by atoms with Crippen molar-refractivity contribution in [3.8, 4) is 5.75 Å². The highest BCUT2D eigenvalue weighted by Crippen LogP contribution is 2.27. The summed E-state index contributed by atoms with van der Waals surface area (Å²) >= 11 is 0. The predicted molar refractivity (Wildman–Crippen MR) is 71.9 cm³/mol. The Hall–Kier alpha value is -1.22. The van der Waals surface area contributed by atoms with E-state index in [2.05, 4.69) is 42.4 Å². The molecule has 1 saturated heterocycles. The first-order chi connectivity index (χ1) is 8.24. The summed E-state index contributed by atoms with van der Waals surface area (Å²) in [6.45, 7) is 3.41. The molecule has 2 rings (SSSR count). The van der Waals surface area contributed by atoms with Crippen LogP contribution in [0.3, 0.4) is 0 Å². The second-order valence-corrected chi connectivity index (χ2v) is 4.75. The van der Waals surface area contributed by atoms with Crippen LogP contribution in [0.2, 0.25) is 0 Å². The van der Waals surface area contributed by atoms with E-state index in [1.807, 2.05) is 6.07 Å². The highest BCUT2D eigenvalue weighted by atomic mass is 16.5. The van der Waals surface area contributed by atoms with Crippen LogP contribution in [0.4, 0.5) is 5.69 Å². The molecule has 1 fully saturated rings. The van der Waals surface area contributed by atoms with Gasteiger partial charge in [0.15, 0.2) is 0 Å². The van der Waals surface area contributed by atoms with Crippen LogP contribution in [0.5, 0.6) is 5.75 Å². The van der Waals surface area contributed by atoms with E-state index < -0.39 is 0 Å². The number of benzene rings is 1. The molecule has 3 heteroatoms. The monoisotopic (exact) mass is 234 g/mol. The largest absolute Gasteiger partial charge is 0.497 e. The number of anilines is 1. The first kappa shape index (κ1) is 12.2. The lowest BCUT2D eigenvalue weighted by atomic mass is 9.98. The molecule has 94 valence electrons. The van der Waals surface area contributed by atoms with Crippen LogP contribution < -0.4 is 15.0 Å². The van der Waals surface area contributed by atoms with Crippen LogP contribution in [-0.4, -0.2) is 32.8 Å². The smallest absolute Gasteiger partial charge is 0.120 e. The number of rotatable bonds is 3. The normalized spacial score (nSPS) is 24.8. The van der Waals surface area contributed by atoms with E-state index >= 15 is 0 Å². The minimum atomic E-state index is 0.577. The third kappa shape index (κ3) is 2.72. The first-order valence-electron chi connectivity index (χ1n) is 6.32. The number of ether oxygens (including phenoxy) is 1. The van der Waals surface area contributed by atoms with Crippen molar-refractivity contribution >= 4 is 5.69 Å². The first-order valence-corrected chi connectivity index (χ1v) is 6.32. The van der Waals surface area contributed by atoms with Crippen LogP contribution in [0.25, 0.3) is 0 Å². The number of piperidine rings is 1. The van der Waals surface area contributed by atoms with Crippen LogP contribution in [0.1, 0.15) is 19.8 Å². The summed E-state index contributed by atoms with van der Waals surface area (Å²) in [4.78, 5) is 2.47. The average Bonchev–Trinajstić information content (AvgIpc) is 2.38. The minimum Gasteiger partial charge on any atom is -0.497 e. The maximum absolute atomic E-state index is 5.28. The quantitative estimate of drug-likeness (QED) is 0.868. The summed E-state index contributed by atoms with van der Waals surface area (Å²) in [5.41, 5.74) is 1.27. The van der Waals surface area contributed by atoms with Crippen molar-refractivity contribution in [3.63, 3.8) is 0 Å². The van der Waals surface area contributed by atoms with Gasteiger partial charge in [0.1, 0.15) is 5.75 Å². The molecule has 0 radical (unpaired) electrons. The van der Waals surface area contributed by atoms with Gasteiger partial charge in [-0.25, -0.2) is 0 Å². The third-order valence-electron chi connectivity index (χ3n) is 3.67. The molecule has 3 nitrogen and oxygen atoms in total. The minimum absolute atomic E-state index is 0.577. The third-order valence-corrected chi connectivity index (χ3v) is 3.67. The molecule has 0 spiro atoms. The number of hydrogen-bond donors (Lipinski definition) is 1. The highest BCUT2D eigenvalue weighted by Gasteiger charge is 2.24. The molecule has 2 atom stereocenters. The Bertz CT molecular complexity index is 367. The Morgan fingerprint density at radius 2 is 2.24 bits per heavy atom. The zero-order valence-corrected chi connectivity index (χ0v) is 10.9. The van der Waals surface area contributed by atoms with E-state index in [9.17, 15) is 0 Å². The van der Waals surface area contributed by atoms with Gasteiger partial charge in [-0.1, -0.05) is 6.07 Å². The summed E-state index contributed by atoms with van der Waals surface area (Å²) in [6, 6.07) is 9.58. The lowest BCUT2D eigenvalue weighted by Crippen LogP contribution is -2.46. The topological polar surface area (TPSA) is 24.5 Å². The van der Waals surface area contributed by atoms with Crippen molar-refractivity contribution in [2.75, 3.05) is 25.6 Å². The summed E-state index contributed by atoms with van der Waals surface area (Å²) in [5.74, 6) is 0.936. The van der Waals surface area contributed by atoms with Gasteiger partial charge in [0.25, 0.3) is 0 Å². The van der Waals surface area contributed by atoms with Crippen LogP contribution in [0, 0.1) is 0 Å². The molecular formula is C14H22N2O. The molecule has 0 bridgehead atoms. The molecule has 0 aliphatic carbocycles. The molecule has 2 unspecified atom stereocenters. The molecular weight excluding hydrogens is 212 g/mol. The molecule has 17 heavy (non-hydrogen) atoms. The van der Waals surface area contributed by atoms with Gasteiger partial charge in [-0.15, -0.1) is 0 Å². The van der Waals surface area contributed by atoms with Crippen molar-refractivity contribution in [2.45, 2.75) is 31.8 Å². The van der Waals surface area contributed by atoms with E-state index in [1.165, 1.54) is 18.5 Å². The van der Waals surface area contributed by atoms with Crippen molar-refractivity contribution in [1.82, 2.24) is 5.32 Å². The zero-order chi connectivity index (χ0) is 12.3. The fraction of sp³-hybridized carbons (Fsp3) is 0.571. The lowest BCUT2D eigenvalue weighted by molar-refractivity contribution is 0.385. The van der Waals surface area contributed by atoms with E-state index in [0.29, 0.717) is 12.1 Å². The molecule has 1 aromatic carbocycles. The van der Waals surface area contributed by atoms with Gasteiger partial charge >= 0.3 is 0 Å². The fourth-order valence-corrected chi connectivity index (χ4v) is 2.61. The van der Waals surface area contributed by atoms with Crippen LogP contribution >= 0.6 is 0 Å². The maximum Gasteiger partial charge on any atom is 0.120 e. The Labute approximate surface area is 104 Å². The molecule has 1 N–H and O–H groups in total. The average molecular weight is 234 g/mol. The van der Waals surface area contributed by atoms with Gasteiger partial charge in [-0.3, -0.25) is 0 Å². The van der Waals surface area contributed by atoms with Gasteiger partial charge < -0.3 is 15.0 Å². The van der Waals surface area contributed by atoms with Crippen molar-refractivity contribution in [1.29, 1.82) is 0 Å². The van der Waals surface area contributed by atoms with Gasteiger partial charge in [-0.2, -0.15) is 0 Å². The second-order valence-electron chi connectivity index (χ2n) is 4.75. The highest BCUT2D eigenvalue weighted by molar-refractivity contribution is 5.51. The molecule has 0 aromatic heterocycles. The van der Waals surface area contributed by atoms with Crippen LogP contribution in [-0.2, 0) is 0 Å². The number of nitrogens with one attached hydrogen (secondary N) is 1. The van der Waals surface area contributed by atoms with Gasteiger partial charge in [-0.05, 0) is 38.9 Å². The second kappa shape index (κ2) is 5.41. The molecule has 1 aliphatic rings. The molecule has 0 amide bonds. The molecule has 1 heterocycles. The predicted octanol–water partition coefficient (Wildman–Crippen LogP) is 2.27.